The minimum absolute atomic E-state index is 0.110. The van der Waals surface area contributed by atoms with Crippen LogP contribution in [0.15, 0.2) is 0 Å². The van der Waals surface area contributed by atoms with Crippen LogP contribution in [0.4, 0.5) is 0 Å². The Morgan fingerprint density at radius 2 is 2.41 bits per heavy atom. The van der Waals surface area contributed by atoms with Crippen molar-refractivity contribution < 1.29 is 9.53 Å². The molecule has 0 spiro atoms. The van der Waals surface area contributed by atoms with E-state index in [1.54, 1.807) is 7.11 Å². The van der Waals surface area contributed by atoms with Crippen molar-refractivity contribution in [3.8, 4) is 0 Å². The molecule has 1 saturated heterocycles. The summed E-state index contributed by atoms with van der Waals surface area (Å²) in [4.78, 5) is 14.1. The molecule has 1 amide bonds. The molecule has 17 heavy (non-hydrogen) atoms. The molecule has 1 heterocycles. The first-order chi connectivity index (χ1) is 8.13. The SMILES string of the molecule is CCC(Cl)C(=O)N1CC2CCCC2(COC)C1. The van der Waals surface area contributed by atoms with Gasteiger partial charge >= 0.3 is 0 Å². The number of hydrogen-bond acceptors (Lipinski definition) is 2. The molecule has 0 aromatic rings. The van der Waals surface area contributed by atoms with Crippen LogP contribution in [0, 0.1) is 11.3 Å². The lowest BCUT2D eigenvalue weighted by Gasteiger charge is -2.28. The number of fused-ring (bicyclic) bond motifs is 1. The van der Waals surface area contributed by atoms with Crippen molar-refractivity contribution in [1.82, 2.24) is 4.90 Å². The molecule has 1 aliphatic carbocycles. The third-order valence-electron chi connectivity index (χ3n) is 4.41. The molecule has 2 aliphatic rings. The van der Waals surface area contributed by atoms with Crippen LogP contribution in [-0.2, 0) is 9.53 Å². The molecule has 98 valence electrons. The van der Waals surface area contributed by atoms with E-state index in [0.29, 0.717) is 12.3 Å². The van der Waals surface area contributed by atoms with Gasteiger partial charge in [-0.2, -0.15) is 0 Å². The average Bonchev–Trinajstić information content (AvgIpc) is 2.83. The topological polar surface area (TPSA) is 29.5 Å². The normalized spacial score (nSPS) is 33.8. The predicted molar refractivity (Wildman–Crippen MR) is 68.2 cm³/mol. The zero-order valence-corrected chi connectivity index (χ0v) is 11.5. The van der Waals surface area contributed by atoms with Gasteiger partial charge < -0.3 is 9.64 Å². The van der Waals surface area contributed by atoms with E-state index in [1.807, 2.05) is 11.8 Å². The standard InChI is InChI=1S/C13H22ClNO2/c1-3-11(14)12(16)15-7-10-5-4-6-13(10,8-15)9-17-2/h10-11H,3-9H2,1-2H3. The zero-order valence-electron chi connectivity index (χ0n) is 10.7. The Hall–Kier alpha value is -0.280. The highest BCUT2D eigenvalue weighted by Gasteiger charge is 2.50. The smallest absolute Gasteiger partial charge is 0.240 e. The zero-order chi connectivity index (χ0) is 12.5. The van der Waals surface area contributed by atoms with Crippen molar-refractivity contribution in [2.45, 2.75) is 38.0 Å². The number of methoxy groups -OCH3 is 1. The molecule has 1 aliphatic heterocycles. The summed E-state index contributed by atoms with van der Waals surface area (Å²) in [5, 5.41) is -0.353. The van der Waals surface area contributed by atoms with Crippen molar-refractivity contribution in [3.63, 3.8) is 0 Å². The van der Waals surface area contributed by atoms with Gasteiger partial charge in [0.1, 0.15) is 5.38 Å². The molecule has 3 unspecified atom stereocenters. The van der Waals surface area contributed by atoms with Crippen molar-refractivity contribution >= 4 is 17.5 Å². The second-order valence-corrected chi connectivity index (χ2v) is 6.01. The molecule has 0 radical (unpaired) electrons. The summed E-state index contributed by atoms with van der Waals surface area (Å²) in [5.41, 5.74) is 0.217. The van der Waals surface area contributed by atoms with Crippen LogP contribution < -0.4 is 0 Å². The predicted octanol–water partition coefficient (Wildman–Crippen LogP) is 2.28. The third kappa shape index (κ3) is 2.32. The quantitative estimate of drug-likeness (QED) is 0.725. The van der Waals surface area contributed by atoms with Crippen molar-refractivity contribution in [3.05, 3.63) is 0 Å². The molecule has 3 nitrogen and oxygen atoms in total. The van der Waals surface area contributed by atoms with Gasteiger partial charge in [0, 0.05) is 25.6 Å². The Morgan fingerprint density at radius 1 is 1.65 bits per heavy atom. The number of carbonyl (C=O) groups is 1. The number of likely N-dealkylation sites (tertiary alicyclic amines) is 1. The lowest BCUT2D eigenvalue weighted by Crippen LogP contribution is -2.38. The number of carbonyl (C=O) groups excluding carboxylic acids is 1. The van der Waals surface area contributed by atoms with Gasteiger partial charge in [0.15, 0.2) is 0 Å². The molecule has 1 saturated carbocycles. The Balaban J connectivity index is 2.04. The Bertz CT molecular complexity index is 297. The molecule has 0 aromatic heterocycles. The second-order valence-electron chi connectivity index (χ2n) is 5.48. The number of halogens is 1. The van der Waals surface area contributed by atoms with Gasteiger partial charge in [-0.1, -0.05) is 13.3 Å². The fraction of sp³-hybridized carbons (Fsp3) is 0.923. The Labute approximate surface area is 108 Å². The molecular formula is C13H22ClNO2. The van der Waals surface area contributed by atoms with E-state index in [9.17, 15) is 4.79 Å². The first kappa shape index (κ1) is 13.2. The maximum atomic E-state index is 12.1. The maximum Gasteiger partial charge on any atom is 0.240 e. The van der Waals surface area contributed by atoms with Crippen LogP contribution in [0.3, 0.4) is 0 Å². The fourth-order valence-electron chi connectivity index (χ4n) is 3.48. The van der Waals surface area contributed by atoms with Gasteiger partial charge in [-0.25, -0.2) is 0 Å². The monoisotopic (exact) mass is 259 g/mol. The van der Waals surface area contributed by atoms with Gasteiger partial charge in [0.05, 0.1) is 6.61 Å². The van der Waals surface area contributed by atoms with Crippen LogP contribution in [0.5, 0.6) is 0 Å². The van der Waals surface area contributed by atoms with Gasteiger partial charge in [0.2, 0.25) is 5.91 Å². The molecule has 0 bridgehead atoms. The van der Waals surface area contributed by atoms with E-state index < -0.39 is 0 Å². The number of nitrogens with zero attached hydrogens (tertiary/aromatic N) is 1. The molecule has 2 rings (SSSR count). The number of ether oxygens (including phenoxy) is 1. The fourth-order valence-corrected chi connectivity index (χ4v) is 3.62. The van der Waals surface area contributed by atoms with Gasteiger partial charge in [-0.3, -0.25) is 4.79 Å². The largest absolute Gasteiger partial charge is 0.384 e. The molecular weight excluding hydrogens is 238 g/mol. The number of amides is 1. The molecule has 0 N–H and O–H groups in total. The summed E-state index contributed by atoms with van der Waals surface area (Å²) in [7, 11) is 1.75. The van der Waals surface area contributed by atoms with E-state index in [0.717, 1.165) is 19.7 Å². The van der Waals surface area contributed by atoms with Crippen molar-refractivity contribution in [1.29, 1.82) is 0 Å². The van der Waals surface area contributed by atoms with E-state index >= 15 is 0 Å². The summed E-state index contributed by atoms with van der Waals surface area (Å²) < 4.78 is 5.37. The van der Waals surface area contributed by atoms with Gasteiger partial charge in [0.25, 0.3) is 0 Å². The number of alkyl halides is 1. The lowest BCUT2D eigenvalue weighted by atomic mass is 9.82. The average molecular weight is 260 g/mol. The first-order valence-electron chi connectivity index (χ1n) is 6.55. The van der Waals surface area contributed by atoms with Crippen LogP contribution in [0.25, 0.3) is 0 Å². The van der Waals surface area contributed by atoms with Crippen molar-refractivity contribution in [2.75, 3.05) is 26.8 Å². The van der Waals surface area contributed by atoms with Gasteiger partial charge in [-0.05, 0) is 25.2 Å². The lowest BCUT2D eigenvalue weighted by molar-refractivity contribution is -0.130. The van der Waals surface area contributed by atoms with E-state index in [-0.39, 0.29) is 16.7 Å². The first-order valence-corrected chi connectivity index (χ1v) is 6.98. The highest BCUT2D eigenvalue weighted by Crippen LogP contribution is 2.48. The summed E-state index contributed by atoms with van der Waals surface area (Å²) in [6.07, 6.45) is 4.40. The summed E-state index contributed by atoms with van der Waals surface area (Å²) in [6.45, 7) is 4.46. The third-order valence-corrected chi connectivity index (χ3v) is 4.90. The molecule has 0 aromatic carbocycles. The minimum atomic E-state index is -0.353. The van der Waals surface area contributed by atoms with Crippen molar-refractivity contribution in [2.24, 2.45) is 11.3 Å². The summed E-state index contributed by atoms with van der Waals surface area (Å²) >= 11 is 6.05. The Kier molecular flexibility index (Phi) is 3.99. The van der Waals surface area contributed by atoms with Gasteiger partial charge in [-0.15, -0.1) is 11.6 Å². The van der Waals surface area contributed by atoms with Crippen LogP contribution in [-0.4, -0.2) is 43.0 Å². The van der Waals surface area contributed by atoms with Crippen LogP contribution >= 0.6 is 11.6 Å². The minimum Gasteiger partial charge on any atom is -0.384 e. The van der Waals surface area contributed by atoms with E-state index in [4.69, 9.17) is 16.3 Å². The summed E-state index contributed by atoms with van der Waals surface area (Å²) in [6, 6.07) is 0. The van der Waals surface area contributed by atoms with E-state index in [1.165, 1.54) is 19.3 Å². The summed E-state index contributed by atoms with van der Waals surface area (Å²) in [5.74, 6) is 0.728. The Morgan fingerprint density at radius 3 is 3.06 bits per heavy atom. The molecule has 3 atom stereocenters. The number of hydrogen-bond donors (Lipinski definition) is 0. The highest BCUT2D eigenvalue weighted by atomic mass is 35.5. The van der Waals surface area contributed by atoms with E-state index in [2.05, 4.69) is 0 Å². The van der Waals surface area contributed by atoms with Crippen LogP contribution in [0.1, 0.15) is 32.6 Å². The molecule has 4 heteroatoms. The maximum absolute atomic E-state index is 12.1. The molecule has 2 fully saturated rings. The highest BCUT2D eigenvalue weighted by molar-refractivity contribution is 6.30. The number of rotatable bonds is 4. The van der Waals surface area contributed by atoms with Crippen LogP contribution in [0.2, 0.25) is 0 Å². The second kappa shape index (κ2) is 5.15.